The van der Waals surface area contributed by atoms with Crippen LogP contribution < -0.4 is 10.3 Å². The first-order chi connectivity index (χ1) is 13.0. The molecular weight excluding hydrogens is 388 g/mol. The summed E-state index contributed by atoms with van der Waals surface area (Å²) in [6.45, 7) is 1.70. The average Bonchev–Trinajstić information content (AvgIpc) is 2.60. The van der Waals surface area contributed by atoms with Gasteiger partial charge in [-0.15, -0.1) is 0 Å². The quantitative estimate of drug-likeness (QED) is 0.735. The third-order valence-electron chi connectivity index (χ3n) is 5.03. The molecule has 28 heavy (non-hydrogen) atoms. The number of nitrogens with zero attached hydrogens (tertiary/aromatic N) is 1. The molecule has 0 spiro atoms. The molecule has 3 rings (SSSR count). The number of aryl methyl sites for hydroxylation is 2. The lowest BCUT2D eigenvalue weighted by Gasteiger charge is -2.31. The number of pyridine rings is 1. The zero-order valence-electron chi connectivity index (χ0n) is 16.1. The maximum absolute atomic E-state index is 13.4. The number of hydrogen-bond acceptors (Lipinski definition) is 4. The van der Waals surface area contributed by atoms with Crippen LogP contribution in [0.3, 0.4) is 0 Å². The Labute approximate surface area is 164 Å². The Kier molecular flexibility index (Phi) is 5.58. The van der Waals surface area contributed by atoms with Gasteiger partial charge in [0.15, 0.2) is 0 Å². The minimum absolute atomic E-state index is 0.128. The van der Waals surface area contributed by atoms with Crippen LogP contribution in [-0.4, -0.2) is 32.0 Å². The Morgan fingerprint density at radius 1 is 1.21 bits per heavy atom. The van der Waals surface area contributed by atoms with Crippen LogP contribution in [0.2, 0.25) is 0 Å². The molecule has 0 bridgehead atoms. The van der Waals surface area contributed by atoms with Crippen LogP contribution in [0.4, 0.5) is 8.78 Å². The van der Waals surface area contributed by atoms with E-state index in [-0.39, 0.29) is 37.3 Å². The van der Waals surface area contributed by atoms with Gasteiger partial charge < -0.3 is 9.30 Å². The molecular formula is C20H25F2NO4S. The first-order valence-corrected chi connectivity index (χ1v) is 11.0. The van der Waals surface area contributed by atoms with Crippen molar-refractivity contribution in [2.45, 2.75) is 49.5 Å². The predicted octanol–water partition coefficient (Wildman–Crippen LogP) is 5.06. The van der Waals surface area contributed by atoms with Crippen LogP contribution in [0, 0.1) is 6.92 Å². The van der Waals surface area contributed by atoms with Gasteiger partial charge in [0.05, 0.1) is 11.0 Å². The summed E-state index contributed by atoms with van der Waals surface area (Å²) in [6.07, 6.45) is 2.74. The third kappa shape index (κ3) is 4.56. The van der Waals surface area contributed by atoms with Crippen LogP contribution >= 0.6 is 10.6 Å². The van der Waals surface area contributed by atoms with Gasteiger partial charge in [-0.05, 0) is 44.0 Å². The number of ether oxygens (including phenoxy) is 1. The molecule has 2 N–H and O–H groups in total. The summed E-state index contributed by atoms with van der Waals surface area (Å²) in [5.74, 6) is -2.17. The zero-order chi connectivity index (χ0) is 20.7. The highest BCUT2D eigenvalue weighted by molar-refractivity contribution is 8.23. The minimum atomic E-state index is -2.95. The molecule has 0 radical (unpaired) electrons. The summed E-state index contributed by atoms with van der Waals surface area (Å²) in [5, 5.41) is 0. The van der Waals surface area contributed by atoms with Crippen molar-refractivity contribution in [1.29, 1.82) is 0 Å². The van der Waals surface area contributed by atoms with E-state index >= 15 is 0 Å². The molecule has 1 aliphatic rings. The fourth-order valence-electron chi connectivity index (χ4n) is 3.41. The number of rotatable bonds is 4. The van der Waals surface area contributed by atoms with Gasteiger partial charge in [0.1, 0.15) is 5.75 Å². The van der Waals surface area contributed by atoms with Crippen molar-refractivity contribution in [3.8, 4) is 16.9 Å². The number of aromatic nitrogens is 1. The lowest BCUT2D eigenvalue weighted by Crippen LogP contribution is -2.30. The number of alkyl halides is 2. The van der Waals surface area contributed by atoms with E-state index in [1.165, 1.54) is 10.8 Å². The minimum Gasteiger partial charge on any atom is -0.490 e. The third-order valence-corrected chi connectivity index (χ3v) is 6.18. The van der Waals surface area contributed by atoms with E-state index in [2.05, 4.69) is 0 Å². The molecule has 8 heteroatoms. The molecule has 1 fully saturated rings. The molecule has 0 saturated heterocycles. The summed E-state index contributed by atoms with van der Waals surface area (Å²) in [5.41, 5.74) is 1.69. The highest BCUT2D eigenvalue weighted by atomic mass is 32.3. The summed E-state index contributed by atoms with van der Waals surface area (Å²) in [7, 11) is -1.31. The first kappa shape index (κ1) is 20.8. The standard InChI is InChI=1S/C20H25F2NO4S/c1-13-10-14(12-23(2)19(13)24)17-11-16(28(3,25)26)4-5-18(17)27-15-6-8-20(21,22)9-7-15/h4-5,10-12,15,25-26H,6-9H2,1-3H3. The first-order valence-electron chi connectivity index (χ1n) is 9.06. The van der Waals surface area contributed by atoms with Crippen molar-refractivity contribution in [3.63, 3.8) is 0 Å². The van der Waals surface area contributed by atoms with Gasteiger partial charge in [0.2, 0.25) is 5.92 Å². The van der Waals surface area contributed by atoms with E-state index in [9.17, 15) is 22.7 Å². The van der Waals surface area contributed by atoms with E-state index in [0.717, 1.165) is 0 Å². The molecule has 0 atom stereocenters. The van der Waals surface area contributed by atoms with Crippen molar-refractivity contribution in [3.05, 3.63) is 46.4 Å². The Morgan fingerprint density at radius 3 is 2.43 bits per heavy atom. The second-order valence-corrected chi connectivity index (χ2v) is 9.63. The van der Waals surface area contributed by atoms with Crippen molar-refractivity contribution >= 4 is 10.6 Å². The highest BCUT2D eigenvalue weighted by Crippen LogP contribution is 2.47. The van der Waals surface area contributed by atoms with Crippen molar-refractivity contribution in [2.75, 3.05) is 6.26 Å². The normalized spacial score (nSPS) is 18.1. The molecule has 1 heterocycles. The molecule has 0 amide bonds. The van der Waals surface area contributed by atoms with Crippen LogP contribution in [0.1, 0.15) is 31.2 Å². The fourth-order valence-corrected chi connectivity index (χ4v) is 4.08. The van der Waals surface area contributed by atoms with Crippen LogP contribution in [0.5, 0.6) is 5.75 Å². The number of benzene rings is 1. The van der Waals surface area contributed by atoms with Crippen molar-refractivity contribution in [2.24, 2.45) is 7.05 Å². The van der Waals surface area contributed by atoms with Crippen LogP contribution in [0.15, 0.2) is 40.2 Å². The van der Waals surface area contributed by atoms with E-state index in [1.54, 1.807) is 44.4 Å². The maximum Gasteiger partial charge on any atom is 0.253 e. The Morgan fingerprint density at radius 2 is 1.86 bits per heavy atom. The predicted molar refractivity (Wildman–Crippen MR) is 107 cm³/mol. The summed E-state index contributed by atoms with van der Waals surface area (Å²) in [6, 6.07) is 6.54. The molecule has 1 aliphatic carbocycles. The smallest absolute Gasteiger partial charge is 0.253 e. The lowest BCUT2D eigenvalue weighted by atomic mass is 9.94. The molecule has 1 aromatic heterocycles. The molecule has 154 valence electrons. The lowest BCUT2D eigenvalue weighted by molar-refractivity contribution is -0.0581. The van der Waals surface area contributed by atoms with Gasteiger partial charge in [-0.3, -0.25) is 13.9 Å². The summed E-state index contributed by atoms with van der Waals surface area (Å²) in [4.78, 5) is 12.4. The van der Waals surface area contributed by atoms with Gasteiger partial charge in [-0.2, -0.15) is 10.6 Å². The van der Waals surface area contributed by atoms with Gasteiger partial charge >= 0.3 is 0 Å². The van der Waals surface area contributed by atoms with Crippen LogP contribution in [0.25, 0.3) is 11.1 Å². The second kappa shape index (κ2) is 7.50. The van der Waals surface area contributed by atoms with E-state index in [0.29, 0.717) is 27.3 Å². The maximum atomic E-state index is 13.4. The zero-order valence-corrected chi connectivity index (χ0v) is 16.9. The van der Waals surface area contributed by atoms with Crippen molar-refractivity contribution in [1.82, 2.24) is 4.57 Å². The summed E-state index contributed by atoms with van der Waals surface area (Å²) >= 11 is 0. The van der Waals surface area contributed by atoms with E-state index < -0.39 is 16.5 Å². The Hall–Kier alpha value is -1.90. The van der Waals surface area contributed by atoms with Gasteiger partial charge in [-0.1, -0.05) is 0 Å². The molecule has 0 aliphatic heterocycles. The largest absolute Gasteiger partial charge is 0.490 e. The molecule has 1 saturated carbocycles. The van der Waals surface area contributed by atoms with Gasteiger partial charge in [0.25, 0.3) is 5.56 Å². The topological polar surface area (TPSA) is 71.7 Å². The molecule has 2 aromatic rings. The second-order valence-electron chi connectivity index (χ2n) is 7.49. The van der Waals surface area contributed by atoms with Gasteiger partial charge in [0, 0.05) is 49.0 Å². The fraction of sp³-hybridized carbons (Fsp3) is 0.450. The number of hydrogen-bond donors (Lipinski definition) is 2. The number of halogens is 2. The molecule has 0 unspecified atom stereocenters. The van der Waals surface area contributed by atoms with E-state index in [4.69, 9.17) is 4.74 Å². The van der Waals surface area contributed by atoms with Crippen LogP contribution in [-0.2, 0) is 7.05 Å². The van der Waals surface area contributed by atoms with Crippen molar-refractivity contribution < 1.29 is 22.6 Å². The molecule has 5 nitrogen and oxygen atoms in total. The van der Waals surface area contributed by atoms with E-state index in [1.807, 2.05) is 0 Å². The monoisotopic (exact) mass is 413 g/mol. The molecule has 1 aromatic carbocycles. The Balaban J connectivity index is 2.02. The average molecular weight is 413 g/mol. The SMILES string of the molecule is Cc1cc(-c2cc(S(C)(O)O)ccc2OC2CCC(F)(F)CC2)cn(C)c1=O. The summed E-state index contributed by atoms with van der Waals surface area (Å²) < 4.78 is 54.4. The van der Waals surface area contributed by atoms with Gasteiger partial charge in [-0.25, -0.2) is 8.78 Å². The highest BCUT2D eigenvalue weighted by Gasteiger charge is 2.36. The Bertz CT molecular complexity index is 901.